The monoisotopic (exact) mass is 1110 g/mol. The number of hydrogen-bond donors (Lipinski definition) is 6. The maximum absolute atomic E-state index is 14.6. The number of ether oxygens (including phenoxy) is 7. The first kappa shape index (κ1) is 63.9. The number of aliphatic hydroxyl groups is 1. The third-order valence-electron chi connectivity index (χ3n) is 11.0. The van der Waals surface area contributed by atoms with E-state index < -0.39 is 143 Å². The molecule has 3 aromatic carbocycles. The van der Waals surface area contributed by atoms with Crippen molar-refractivity contribution in [3.8, 4) is 0 Å². The average molecular weight is 1110 g/mol. The Labute approximate surface area is 440 Å². The molecule has 3 amide bonds. The number of rotatable bonds is 30. The van der Waals surface area contributed by atoms with E-state index in [-0.39, 0.29) is 19.8 Å². The van der Waals surface area contributed by atoms with Crippen LogP contribution in [0.3, 0.4) is 0 Å². The van der Waals surface area contributed by atoms with Gasteiger partial charge in [-0.2, -0.15) is 0 Å². The van der Waals surface area contributed by atoms with Gasteiger partial charge in [-0.15, -0.1) is 0 Å². The number of benzene rings is 3. The standard InChI is InChI=1S/C50H69N3O21P2/c1-34(2)39(52-46(59)67-28-37-21-14-10-15-22-37)41(54)69-30-48(5,6)43(56)71-32-73-76(65,50(61,75(62,63)64)25-18-26-51-45(58)66-27-36-19-12-9-13-20-36)74-33-72-44(57)49(7,8)31-70-42(55)40(35(3)4)53-47(60)68-29-38-23-16-11-17-24-38/h9-17,19-24,34-35,39-40,61H,18,25-33H2,1-8H3,(H,51,58)(H,52,59)(H,53,60)(H2,62,63,64)/t39-,40-,50?/m1/s1. The van der Waals surface area contributed by atoms with E-state index in [1.165, 1.54) is 27.7 Å². The van der Waals surface area contributed by atoms with E-state index in [2.05, 4.69) is 16.0 Å². The van der Waals surface area contributed by atoms with Crippen LogP contribution in [-0.4, -0.2) is 108 Å². The van der Waals surface area contributed by atoms with Crippen LogP contribution in [0.4, 0.5) is 14.4 Å². The number of carbonyl (C=O) groups is 7. The van der Waals surface area contributed by atoms with Gasteiger partial charge in [-0.25, -0.2) is 24.0 Å². The van der Waals surface area contributed by atoms with Gasteiger partial charge in [0.25, 0.3) is 5.08 Å². The minimum Gasteiger partial charge on any atom is -0.463 e. The lowest BCUT2D eigenvalue weighted by atomic mass is 9.95. The molecule has 0 fully saturated rings. The molecular weight excluding hydrogens is 1040 g/mol. The van der Waals surface area contributed by atoms with E-state index in [9.17, 15) is 57.6 Å². The topological polar surface area (TPSA) is 333 Å². The Morgan fingerprint density at radius 1 is 0.526 bits per heavy atom. The first-order valence-corrected chi connectivity index (χ1v) is 27.0. The second-order valence-corrected chi connectivity index (χ2v) is 23.5. The fraction of sp³-hybridized carbons (Fsp3) is 0.500. The van der Waals surface area contributed by atoms with Crippen LogP contribution in [0.2, 0.25) is 0 Å². The van der Waals surface area contributed by atoms with E-state index >= 15 is 0 Å². The van der Waals surface area contributed by atoms with Crippen LogP contribution in [0.25, 0.3) is 0 Å². The number of esters is 4. The molecule has 76 heavy (non-hydrogen) atoms. The minimum atomic E-state index is -6.03. The molecule has 0 aliphatic carbocycles. The Balaban J connectivity index is 1.70. The summed E-state index contributed by atoms with van der Waals surface area (Å²) in [6, 6.07) is 23.6. The first-order chi connectivity index (χ1) is 35.6. The number of alkyl carbamates (subject to hydrolysis) is 3. The highest BCUT2D eigenvalue weighted by molar-refractivity contribution is 7.73. The van der Waals surface area contributed by atoms with Gasteiger partial charge >= 0.3 is 57.3 Å². The summed E-state index contributed by atoms with van der Waals surface area (Å²) in [6.45, 7) is 6.68. The van der Waals surface area contributed by atoms with Crippen molar-refractivity contribution < 1.29 is 99.8 Å². The molecule has 0 radical (unpaired) electrons. The van der Waals surface area contributed by atoms with Crippen molar-refractivity contribution in [2.45, 2.75) is 105 Å². The van der Waals surface area contributed by atoms with Crippen LogP contribution in [0, 0.1) is 22.7 Å². The molecule has 24 nitrogen and oxygen atoms in total. The number of amides is 3. The van der Waals surface area contributed by atoms with Crippen LogP contribution in [0.15, 0.2) is 91.0 Å². The fourth-order valence-corrected chi connectivity index (χ4v) is 9.62. The molecule has 0 heterocycles. The molecule has 0 aliphatic rings. The van der Waals surface area contributed by atoms with Crippen molar-refractivity contribution in [2.24, 2.45) is 22.7 Å². The van der Waals surface area contributed by atoms with Crippen molar-refractivity contribution >= 4 is 57.3 Å². The lowest BCUT2D eigenvalue weighted by Gasteiger charge is -2.35. The molecular formula is C50H69N3O21P2. The average Bonchev–Trinajstić information content (AvgIpc) is 3.37. The van der Waals surface area contributed by atoms with Gasteiger partial charge in [0, 0.05) is 13.0 Å². The van der Waals surface area contributed by atoms with E-state index in [1.54, 1.807) is 119 Å². The molecule has 0 saturated heterocycles. The Bertz CT molecular complexity index is 2350. The highest BCUT2D eigenvalue weighted by atomic mass is 31.2. The smallest absolute Gasteiger partial charge is 0.408 e. The maximum Gasteiger partial charge on any atom is 0.408 e. The van der Waals surface area contributed by atoms with Gasteiger partial charge in [0.2, 0.25) is 13.6 Å². The second-order valence-electron chi connectivity index (χ2n) is 19.1. The molecule has 3 aromatic rings. The molecule has 0 saturated carbocycles. The predicted octanol–water partition coefficient (Wildman–Crippen LogP) is 6.79. The zero-order valence-electron chi connectivity index (χ0n) is 43.6. The molecule has 26 heteroatoms. The van der Waals surface area contributed by atoms with Crippen LogP contribution in [0.5, 0.6) is 0 Å². The molecule has 1 unspecified atom stereocenters. The van der Waals surface area contributed by atoms with Crippen molar-refractivity contribution in [1.82, 2.24) is 16.0 Å². The fourth-order valence-electron chi connectivity index (χ4n) is 6.25. The van der Waals surface area contributed by atoms with E-state index in [0.717, 1.165) is 0 Å². The van der Waals surface area contributed by atoms with Crippen LogP contribution < -0.4 is 16.0 Å². The second kappa shape index (κ2) is 29.8. The zero-order chi connectivity index (χ0) is 56.7. The Morgan fingerprint density at radius 3 is 1.20 bits per heavy atom. The van der Waals surface area contributed by atoms with Crippen LogP contribution in [-0.2, 0) is 90.3 Å². The third-order valence-corrected chi connectivity index (χ3v) is 15.6. The highest BCUT2D eigenvalue weighted by Crippen LogP contribution is 2.74. The molecule has 3 rings (SSSR count). The lowest BCUT2D eigenvalue weighted by molar-refractivity contribution is -0.169. The first-order valence-electron chi connectivity index (χ1n) is 23.8. The van der Waals surface area contributed by atoms with E-state index in [1.807, 2.05) is 0 Å². The summed E-state index contributed by atoms with van der Waals surface area (Å²) in [5.74, 6) is -5.30. The summed E-state index contributed by atoms with van der Waals surface area (Å²) in [5.41, 5.74) is -1.38. The number of carbonyl (C=O) groups excluding carboxylic acids is 7. The quantitative estimate of drug-likeness (QED) is 0.0132. The van der Waals surface area contributed by atoms with Gasteiger partial charge in [0.1, 0.15) is 45.1 Å². The maximum atomic E-state index is 14.6. The van der Waals surface area contributed by atoms with Gasteiger partial charge in [-0.3, -0.25) is 27.8 Å². The summed E-state index contributed by atoms with van der Waals surface area (Å²) in [5, 5.41) is 15.1. The Kier molecular flexibility index (Phi) is 25.0. The zero-order valence-corrected chi connectivity index (χ0v) is 45.4. The number of hydrogen-bond acceptors (Lipinski definition) is 19. The largest absolute Gasteiger partial charge is 0.463 e. The van der Waals surface area contributed by atoms with Gasteiger partial charge < -0.3 is 64.0 Å². The van der Waals surface area contributed by atoms with Crippen molar-refractivity contribution in [3.05, 3.63) is 108 Å². The summed E-state index contributed by atoms with van der Waals surface area (Å²) < 4.78 is 74.4. The third kappa shape index (κ3) is 20.6. The molecule has 0 spiro atoms. The molecule has 0 aliphatic heterocycles. The van der Waals surface area contributed by atoms with E-state index in [4.69, 9.17) is 42.2 Å². The SMILES string of the molecule is CC(C)[C@@H](NC(=O)OCc1ccccc1)C(=O)OCC(C)(C)C(=O)OCOP(=O)(OCOC(=O)C(C)(C)COC(=O)[C@H](NC(=O)OCc1ccccc1)C(C)C)C(O)(CCCNC(=O)OCc1ccccc1)P(=O)(O)O. The summed E-state index contributed by atoms with van der Waals surface area (Å²) in [7, 11) is -11.8. The van der Waals surface area contributed by atoms with Crippen LogP contribution in [0.1, 0.15) is 84.9 Å². The van der Waals surface area contributed by atoms with Crippen molar-refractivity contribution in [1.29, 1.82) is 0 Å². The Morgan fingerprint density at radius 2 is 0.868 bits per heavy atom. The van der Waals surface area contributed by atoms with E-state index in [0.29, 0.717) is 16.7 Å². The molecule has 420 valence electrons. The Hall–Kier alpha value is -6.39. The molecule has 0 aromatic heterocycles. The summed E-state index contributed by atoms with van der Waals surface area (Å²) in [4.78, 5) is 111. The molecule has 6 N–H and O–H groups in total. The minimum absolute atomic E-state index is 0.0844. The van der Waals surface area contributed by atoms with Crippen molar-refractivity contribution in [2.75, 3.05) is 33.3 Å². The van der Waals surface area contributed by atoms with Crippen molar-refractivity contribution in [3.63, 3.8) is 0 Å². The van der Waals surface area contributed by atoms with Crippen LogP contribution >= 0.6 is 15.2 Å². The summed E-state index contributed by atoms with van der Waals surface area (Å²) >= 11 is 0. The highest BCUT2D eigenvalue weighted by Gasteiger charge is 2.62. The van der Waals surface area contributed by atoms with Gasteiger partial charge in [0.15, 0.2) is 0 Å². The predicted molar refractivity (Wildman–Crippen MR) is 269 cm³/mol. The van der Waals surface area contributed by atoms with Gasteiger partial charge in [-0.05, 0) is 62.6 Å². The van der Waals surface area contributed by atoms with Gasteiger partial charge in [-0.1, -0.05) is 119 Å². The number of nitrogens with one attached hydrogen (secondary N) is 3. The normalized spacial score (nSPS) is 13.5. The lowest BCUT2D eigenvalue weighted by Crippen LogP contribution is -2.46. The summed E-state index contributed by atoms with van der Waals surface area (Å²) in [6.07, 6.45) is -4.41. The molecule has 3 atom stereocenters. The molecule has 0 bridgehead atoms. The van der Waals surface area contributed by atoms with Gasteiger partial charge in [0.05, 0.1) is 10.8 Å².